The van der Waals surface area contributed by atoms with Crippen LogP contribution in [0.25, 0.3) is 0 Å². The second-order valence-corrected chi connectivity index (χ2v) is 2.66. The maximum atomic E-state index is 11.2. The molecule has 0 aromatic rings. The van der Waals surface area contributed by atoms with Crippen LogP contribution in [0.5, 0.6) is 0 Å². The van der Waals surface area contributed by atoms with E-state index in [0.29, 0.717) is 11.1 Å². The summed E-state index contributed by atoms with van der Waals surface area (Å²) in [4.78, 5) is 22.3. The van der Waals surface area contributed by atoms with Crippen LogP contribution in [0.1, 0.15) is 13.8 Å². The van der Waals surface area contributed by atoms with Gasteiger partial charge in [-0.15, -0.1) is 0 Å². The maximum absolute atomic E-state index is 11.2. The first-order valence-corrected chi connectivity index (χ1v) is 3.76. The molecule has 0 fully saturated rings. The lowest BCUT2D eigenvalue weighted by atomic mass is 9.98. The zero-order valence-electron chi connectivity index (χ0n) is 7.13. The highest BCUT2D eigenvalue weighted by atomic mass is 16.1. The van der Waals surface area contributed by atoms with Gasteiger partial charge in [0.15, 0.2) is 11.6 Å². The Kier molecular flexibility index (Phi) is 2.38. The fourth-order valence-corrected chi connectivity index (χ4v) is 0.987. The van der Waals surface area contributed by atoms with Gasteiger partial charge in [0.1, 0.15) is 0 Å². The van der Waals surface area contributed by atoms with Crippen LogP contribution in [-0.2, 0) is 9.59 Å². The van der Waals surface area contributed by atoms with Crippen molar-refractivity contribution in [2.45, 2.75) is 13.8 Å². The van der Waals surface area contributed by atoms with Crippen LogP contribution in [0, 0.1) is 0 Å². The second kappa shape index (κ2) is 3.30. The molecule has 0 aliphatic heterocycles. The van der Waals surface area contributed by atoms with E-state index < -0.39 is 0 Å². The van der Waals surface area contributed by atoms with Gasteiger partial charge in [-0.05, 0) is 26.0 Å². The molecule has 0 spiro atoms. The molecule has 0 amide bonds. The van der Waals surface area contributed by atoms with Crippen molar-refractivity contribution in [3.05, 3.63) is 35.5 Å². The molecule has 0 aromatic carbocycles. The summed E-state index contributed by atoms with van der Waals surface area (Å²) >= 11 is 0. The van der Waals surface area contributed by atoms with Crippen molar-refractivity contribution in [3.63, 3.8) is 0 Å². The fraction of sp³-hybridized carbons (Fsp3) is 0.200. The third kappa shape index (κ3) is 1.59. The Morgan fingerprint density at radius 1 is 1.17 bits per heavy atom. The molecular formula is C10H10O2. The number of hydrogen-bond acceptors (Lipinski definition) is 2. The summed E-state index contributed by atoms with van der Waals surface area (Å²) in [5.74, 6) is -0.173. The largest absolute Gasteiger partial charge is 0.290 e. The Labute approximate surface area is 71.3 Å². The number of rotatable bonds is 1. The molecule has 0 aromatic heterocycles. The molecule has 0 radical (unpaired) electrons. The van der Waals surface area contributed by atoms with E-state index >= 15 is 0 Å². The topological polar surface area (TPSA) is 34.1 Å². The van der Waals surface area contributed by atoms with Gasteiger partial charge in [-0.25, -0.2) is 0 Å². The Bertz CT molecular complexity index is 317. The lowest BCUT2D eigenvalue weighted by Crippen LogP contribution is -2.09. The molecule has 0 N–H and O–H groups in total. The highest BCUT2D eigenvalue weighted by Crippen LogP contribution is 2.11. The first-order chi connectivity index (χ1) is 5.65. The summed E-state index contributed by atoms with van der Waals surface area (Å²) in [6.45, 7) is 3.45. The summed E-state index contributed by atoms with van der Waals surface area (Å²) in [7, 11) is 0. The molecule has 0 unspecified atom stereocenters. The third-order valence-corrected chi connectivity index (χ3v) is 1.65. The normalized spacial score (nSPS) is 18.2. The van der Waals surface area contributed by atoms with Crippen LogP contribution in [0.4, 0.5) is 0 Å². The van der Waals surface area contributed by atoms with Crippen molar-refractivity contribution in [1.82, 2.24) is 0 Å². The Morgan fingerprint density at radius 3 is 2.42 bits per heavy atom. The Balaban J connectivity index is 3.01. The van der Waals surface area contributed by atoms with E-state index in [9.17, 15) is 9.59 Å². The molecule has 1 aliphatic carbocycles. The Morgan fingerprint density at radius 2 is 1.83 bits per heavy atom. The van der Waals surface area contributed by atoms with Gasteiger partial charge in [-0.3, -0.25) is 9.59 Å². The average molecular weight is 162 g/mol. The van der Waals surface area contributed by atoms with Gasteiger partial charge in [0.05, 0.1) is 0 Å². The van der Waals surface area contributed by atoms with Crippen LogP contribution in [0.3, 0.4) is 0 Å². The van der Waals surface area contributed by atoms with Crippen molar-refractivity contribution in [3.8, 4) is 0 Å². The zero-order chi connectivity index (χ0) is 9.14. The zero-order valence-corrected chi connectivity index (χ0v) is 7.13. The lowest BCUT2D eigenvalue weighted by Gasteiger charge is -2.04. The molecule has 0 saturated heterocycles. The van der Waals surface area contributed by atoms with Crippen LogP contribution < -0.4 is 0 Å². The van der Waals surface area contributed by atoms with Gasteiger partial charge in [0.25, 0.3) is 0 Å². The van der Waals surface area contributed by atoms with Gasteiger partial charge >= 0.3 is 0 Å². The van der Waals surface area contributed by atoms with Crippen molar-refractivity contribution < 1.29 is 9.59 Å². The van der Waals surface area contributed by atoms with E-state index in [1.807, 2.05) is 6.92 Å². The van der Waals surface area contributed by atoms with Gasteiger partial charge < -0.3 is 0 Å². The predicted octanol–water partition coefficient (Wildman–Crippen LogP) is 1.59. The highest BCUT2D eigenvalue weighted by Gasteiger charge is 2.14. The molecule has 0 atom stereocenters. The highest BCUT2D eigenvalue weighted by molar-refractivity contribution is 6.20. The van der Waals surface area contributed by atoms with Gasteiger partial charge in [-0.1, -0.05) is 12.2 Å². The smallest absolute Gasteiger partial charge is 0.186 e. The molecule has 1 rings (SSSR count). The summed E-state index contributed by atoms with van der Waals surface area (Å²) < 4.78 is 0. The van der Waals surface area contributed by atoms with Gasteiger partial charge in [0.2, 0.25) is 0 Å². The van der Waals surface area contributed by atoms with Crippen LogP contribution in [0.2, 0.25) is 0 Å². The number of ketones is 2. The summed E-state index contributed by atoms with van der Waals surface area (Å²) in [6.07, 6.45) is 6.13. The molecule has 0 bridgehead atoms. The van der Waals surface area contributed by atoms with Crippen molar-refractivity contribution in [2.24, 2.45) is 0 Å². The standard InChI is InChI=1S/C10H10O2/c1-3-4-8-6-9(11)7(2)5-10(8)12/h3-6H,1-2H3/b4-3+. The SMILES string of the molecule is C/C=C/C1=CC(=O)C(C)=CC1=O. The second-order valence-electron chi connectivity index (χ2n) is 2.66. The van der Waals surface area contributed by atoms with Crippen LogP contribution in [-0.4, -0.2) is 11.6 Å². The van der Waals surface area contributed by atoms with E-state index in [1.54, 1.807) is 19.1 Å². The molecule has 0 heterocycles. The van der Waals surface area contributed by atoms with E-state index in [-0.39, 0.29) is 11.6 Å². The quantitative estimate of drug-likeness (QED) is 0.548. The minimum Gasteiger partial charge on any atom is -0.290 e. The van der Waals surface area contributed by atoms with Crippen molar-refractivity contribution in [2.75, 3.05) is 0 Å². The van der Waals surface area contributed by atoms with Crippen molar-refractivity contribution in [1.29, 1.82) is 0 Å². The van der Waals surface area contributed by atoms with E-state index in [1.165, 1.54) is 12.2 Å². The number of carbonyl (C=O) groups excluding carboxylic acids is 2. The minimum absolute atomic E-state index is 0.0808. The third-order valence-electron chi connectivity index (χ3n) is 1.65. The number of hydrogen-bond donors (Lipinski definition) is 0. The van der Waals surface area contributed by atoms with Crippen LogP contribution >= 0.6 is 0 Å². The molecule has 2 heteroatoms. The number of allylic oxidation sites excluding steroid dienone is 6. The minimum atomic E-state index is -0.0924. The predicted molar refractivity (Wildman–Crippen MR) is 46.7 cm³/mol. The number of carbonyl (C=O) groups is 2. The lowest BCUT2D eigenvalue weighted by molar-refractivity contribution is -0.114. The molecule has 0 saturated carbocycles. The van der Waals surface area contributed by atoms with E-state index in [4.69, 9.17) is 0 Å². The molecule has 12 heavy (non-hydrogen) atoms. The molecule has 2 nitrogen and oxygen atoms in total. The van der Waals surface area contributed by atoms with Gasteiger partial charge in [0, 0.05) is 11.1 Å². The van der Waals surface area contributed by atoms with Crippen molar-refractivity contribution >= 4 is 11.6 Å². The van der Waals surface area contributed by atoms with Crippen LogP contribution in [0.15, 0.2) is 35.5 Å². The molecular weight excluding hydrogens is 152 g/mol. The summed E-state index contributed by atoms with van der Waals surface area (Å²) in [6, 6.07) is 0. The monoisotopic (exact) mass is 162 g/mol. The summed E-state index contributed by atoms with van der Waals surface area (Å²) in [5.41, 5.74) is 0.973. The first kappa shape index (κ1) is 8.65. The van der Waals surface area contributed by atoms with Gasteiger partial charge in [-0.2, -0.15) is 0 Å². The fourth-order valence-electron chi connectivity index (χ4n) is 0.987. The molecule has 1 aliphatic rings. The average Bonchev–Trinajstić information content (AvgIpc) is 2.01. The van der Waals surface area contributed by atoms with E-state index in [0.717, 1.165) is 0 Å². The summed E-state index contributed by atoms with van der Waals surface area (Å²) in [5, 5.41) is 0. The maximum Gasteiger partial charge on any atom is 0.186 e. The first-order valence-electron chi connectivity index (χ1n) is 3.76. The van der Waals surface area contributed by atoms with E-state index in [2.05, 4.69) is 0 Å². The Hall–Kier alpha value is -1.44. The molecule has 62 valence electrons.